The highest BCUT2D eigenvalue weighted by Gasteiger charge is 2.44. The largest absolute Gasteiger partial charge is 0.354 e. The van der Waals surface area contributed by atoms with Crippen LogP contribution in [0.1, 0.15) is 58.8 Å². The maximum absolute atomic E-state index is 12.1. The summed E-state index contributed by atoms with van der Waals surface area (Å²) in [4.78, 5) is 12.1. The Morgan fingerprint density at radius 3 is 2.22 bits per heavy atom. The Bertz CT molecular complexity index is 289. The minimum atomic E-state index is -0.638. The zero-order valence-electron chi connectivity index (χ0n) is 11.9. The van der Waals surface area contributed by atoms with E-state index in [2.05, 4.69) is 12.2 Å². The van der Waals surface area contributed by atoms with Crippen molar-refractivity contribution >= 4 is 5.91 Å². The Morgan fingerprint density at radius 2 is 1.72 bits per heavy atom. The zero-order chi connectivity index (χ0) is 13.2. The highest BCUT2D eigenvalue weighted by molar-refractivity contribution is 5.86. The molecule has 104 valence electrons. The summed E-state index contributed by atoms with van der Waals surface area (Å²) >= 11 is 0. The molecule has 0 aromatic carbocycles. The lowest BCUT2D eigenvalue weighted by atomic mass is 9.81. The van der Waals surface area contributed by atoms with Gasteiger partial charge in [0.15, 0.2) is 0 Å². The summed E-state index contributed by atoms with van der Waals surface area (Å²) in [5.74, 6) is 2.06. The smallest absolute Gasteiger partial charge is 0.240 e. The normalized spacial score (nSPS) is 31.7. The number of amides is 1. The molecule has 0 aliphatic heterocycles. The molecule has 18 heavy (non-hydrogen) atoms. The van der Waals surface area contributed by atoms with Gasteiger partial charge in [-0.25, -0.2) is 0 Å². The van der Waals surface area contributed by atoms with E-state index in [-0.39, 0.29) is 5.91 Å². The van der Waals surface area contributed by atoms with E-state index in [1.165, 1.54) is 32.1 Å². The fraction of sp³-hybridized carbons (Fsp3) is 0.933. The molecule has 2 aliphatic carbocycles. The number of carbonyl (C=O) groups excluding carboxylic acids is 1. The third-order valence-electron chi connectivity index (χ3n) is 5.01. The Hall–Kier alpha value is -0.570. The predicted octanol–water partition coefficient (Wildman–Crippen LogP) is 2.45. The molecule has 1 atom stereocenters. The van der Waals surface area contributed by atoms with Crippen molar-refractivity contribution in [2.75, 3.05) is 6.54 Å². The van der Waals surface area contributed by atoms with Crippen LogP contribution in [0, 0.1) is 17.8 Å². The van der Waals surface area contributed by atoms with Crippen molar-refractivity contribution in [1.82, 2.24) is 5.32 Å². The SMILES string of the molecule is CCC1CCC(CNC(=O)C(C)(N)C2CC2)CC1. The van der Waals surface area contributed by atoms with Gasteiger partial charge < -0.3 is 11.1 Å². The molecule has 0 spiro atoms. The van der Waals surface area contributed by atoms with E-state index in [0.717, 1.165) is 25.3 Å². The quantitative estimate of drug-likeness (QED) is 0.789. The molecule has 0 saturated heterocycles. The topological polar surface area (TPSA) is 55.1 Å². The second-order valence-electron chi connectivity index (χ2n) is 6.56. The molecule has 2 aliphatic rings. The standard InChI is InChI=1S/C15H28N2O/c1-3-11-4-6-12(7-5-11)10-17-14(18)15(2,16)13-8-9-13/h11-13H,3-10,16H2,1-2H3,(H,17,18). The van der Waals surface area contributed by atoms with Crippen molar-refractivity contribution in [2.45, 2.75) is 64.3 Å². The van der Waals surface area contributed by atoms with Crippen LogP contribution in [0.25, 0.3) is 0 Å². The number of hydrogen-bond acceptors (Lipinski definition) is 2. The van der Waals surface area contributed by atoms with Crippen molar-refractivity contribution < 1.29 is 4.79 Å². The van der Waals surface area contributed by atoms with E-state index in [4.69, 9.17) is 5.73 Å². The minimum absolute atomic E-state index is 0.0580. The molecule has 3 nitrogen and oxygen atoms in total. The van der Waals surface area contributed by atoms with E-state index in [1.54, 1.807) is 0 Å². The van der Waals surface area contributed by atoms with Gasteiger partial charge in [-0.05, 0) is 50.4 Å². The maximum Gasteiger partial charge on any atom is 0.240 e. The molecular formula is C15H28N2O. The summed E-state index contributed by atoms with van der Waals surface area (Å²) < 4.78 is 0. The molecule has 0 radical (unpaired) electrons. The third kappa shape index (κ3) is 3.25. The van der Waals surface area contributed by atoms with E-state index in [0.29, 0.717) is 11.8 Å². The molecule has 3 heteroatoms. The maximum atomic E-state index is 12.1. The Kier molecular flexibility index (Phi) is 4.31. The zero-order valence-corrected chi connectivity index (χ0v) is 11.9. The Balaban J connectivity index is 1.70. The lowest BCUT2D eigenvalue weighted by molar-refractivity contribution is -0.126. The van der Waals surface area contributed by atoms with Crippen LogP contribution >= 0.6 is 0 Å². The summed E-state index contributed by atoms with van der Waals surface area (Å²) in [5, 5.41) is 3.08. The minimum Gasteiger partial charge on any atom is -0.354 e. The van der Waals surface area contributed by atoms with Gasteiger partial charge in [-0.1, -0.05) is 26.2 Å². The van der Waals surface area contributed by atoms with Gasteiger partial charge >= 0.3 is 0 Å². The second kappa shape index (κ2) is 5.60. The number of nitrogens with two attached hydrogens (primary N) is 1. The first-order valence-electron chi connectivity index (χ1n) is 7.61. The molecule has 3 N–H and O–H groups in total. The second-order valence-corrected chi connectivity index (χ2v) is 6.56. The van der Waals surface area contributed by atoms with E-state index in [9.17, 15) is 4.79 Å². The first kappa shape index (κ1) is 13.9. The van der Waals surface area contributed by atoms with Crippen LogP contribution in [0.15, 0.2) is 0 Å². The molecule has 2 saturated carbocycles. The first-order valence-corrected chi connectivity index (χ1v) is 7.61. The fourth-order valence-electron chi connectivity index (χ4n) is 3.14. The van der Waals surface area contributed by atoms with Crippen LogP contribution in [0.5, 0.6) is 0 Å². The van der Waals surface area contributed by atoms with Gasteiger partial charge in [-0.3, -0.25) is 4.79 Å². The van der Waals surface area contributed by atoms with E-state index in [1.807, 2.05) is 6.92 Å². The number of carbonyl (C=O) groups is 1. The summed E-state index contributed by atoms with van der Waals surface area (Å²) in [5.41, 5.74) is 5.47. The molecule has 1 unspecified atom stereocenters. The van der Waals surface area contributed by atoms with Gasteiger partial charge in [0.1, 0.15) is 0 Å². The van der Waals surface area contributed by atoms with Crippen LogP contribution in [-0.2, 0) is 4.79 Å². The fourth-order valence-corrected chi connectivity index (χ4v) is 3.14. The van der Waals surface area contributed by atoms with E-state index < -0.39 is 5.54 Å². The summed E-state index contributed by atoms with van der Waals surface area (Å²) in [6.07, 6.45) is 8.73. The van der Waals surface area contributed by atoms with Crippen molar-refractivity contribution in [3.05, 3.63) is 0 Å². The van der Waals surface area contributed by atoms with Gasteiger partial charge in [0.2, 0.25) is 5.91 Å². The average Bonchev–Trinajstić information content (AvgIpc) is 3.21. The third-order valence-corrected chi connectivity index (χ3v) is 5.01. The van der Waals surface area contributed by atoms with Crippen LogP contribution in [0.4, 0.5) is 0 Å². The molecule has 1 amide bonds. The molecule has 0 aromatic heterocycles. The highest BCUT2D eigenvalue weighted by atomic mass is 16.2. The number of hydrogen-bond donors (Lipinski definition) is 2. The summed E-state index contributed by atoms with van der Waals surface area (Å²) in [6, 6.07) is 0. The average molecular weight is 252 g/mol. The van der Waals surface area contributed by atoms with Crippen LogP contribution in [0.2, 0.25) is 0 Å². The van der Waals surface area contributed by atoms with Crippen LogP contribution in [-0.4, -0.2) is 18.0 Å². The molecule has 2 fully saturated rings. The Labute approximate surface area is 111 Å². The predicted molar refractivity (Wildman–Crippen MR) is 74.1 cm³/mol. The van der Waals surface area contributed by atoms with Crippen LogP contribution in [0.3, 0.4) is 0 Å². The summed E-state index contributed by atoms with van der Waals surface area (Å²) in [6.45, 7) is 4.99. The molecule has 2 rings (SSSR count). The monoisotopic (exact) mass is 252 g/mol. The first-order chi connectivity index (χ1) is 8.54. The van der Waals surface area contributed by atoms with Gasteiger partial charge in [-0.2, -0.15) is 0 Å². The van der Waals surface area contributed by atoms with Gasteiger partial charge in [-0.15, -0.1) is 0 Å². The van der Waals surface area contributed by atoms with Crippen LogP contribution < -0.4 is 11.1 Å². The Morgan fingerprint density at radius 1 is 1.17 bits per heavy atom. The van der Waals surface area contributed by atoms with Crippen molar-refractivity contribution in [2.24, 2.45) is 23.5 Å². The van der Waals surface area contributed by atoms with Gasteiger partial charge in [0.25, 0.3) is 0 Å². The lowest BCUT2D eigenvalue weighted by Gasteiger charge is -2.29. The molecule has 0 aromatic rings. The number of nitrogens with one attached hydrogen (secondary N) is 1. The number of rotatable bonds is 5. The molecule has 0 heterocycles. The van der Waals surface area contributed by atoms with Gasteiger partial charge in [0.05, 0.1) is 5.54 Å². The highest BCUT2D eigenvalue weighted by Crippen LogP contribution is 2.38. The lowest BCUT2D eigenvalue weighted by Crippen LogP contribution is -2.54. The van der Waals surface area contributed by atoms with Crippen molar-refractivity contribution in [1.29, 1.82) is 0 Å². The van der Waals surface area contributed by atoms with E-state index >= 15 is 0 Å². The molecular weight excluding hydrogens is 224 g/mol. The van der Waals surface area contributed by atoms with Crippen molar-refractivity contribution in [3.63, 3.8) is 0 Å². The summed E-state index contributed by atoms with van der Waals surface area (Å²) in [7, 11) is 0. The molecule has 0 bridgehead atoms. The van der Waals surface area contributed by atoms with Crippen molar-refractivity contribution in [3.8, 4) is 0 Å². The van der Waals surface area contributed by atoms with Gasteiger partial charge in [0, 0.05) is 6.54 Å².